The molecule has 0 N–H and O–H groups in total. The molecule has 0 atom stereocenters. The minimum absolute atomic E-state index is 0.407. The second-order valence-corrected chi connectivity index (χ2v) is 8.32. The molecular formula is C30H17N3O. The van der Waals surface area contributed by atoms with Crippen LogP contribution in [0.5, 0.6) is 0 Å². The molecule has 0 radical (unpaired) electrons. The highest BCUT2D eigenvalue weighted by atomic mass is 16.3. The van der Waals surface area contributed by atoms with Crippen molar-refractivity contribution in [2.45, 2.75) is 0 Å². The Morgan fingerprint density at radius 3 is 2.32 bits per heavy atom. The fourth-order valence-corrected chi connectivity index (χ4v) is 5.09. The van der Waals surface area contributed by atoms with Crippen LogP contribution in [-0.2, 0) is 0 Å². The largest absolute Gasteiger partial charge is 0.454 e. The van der Waals surface area contributed by atoms with Gasteiger partial charge in [-0.25, -0.2) is 4.98 Å². The lowest BCUT2D eigenvalue weighted by atomic mass is 10.0. The van der Waals surface area contributed by atoms with Crippen molar-refractivity contribution in [1.29, 1.82) is 5.26 Å². The van der Waals surface area contributed by atoms with E-state index in [1.807, 2.05) is 48.5 Å². The van der Waals surface area contributed by atoms with Gasteiger partial charge in [0.1, 0.15) is 17.3 Å². The zero-order valence-electron chi connectivity index (χ0n) is 18.1. The van der Waals surface area contributed by atoms with Gasteiger partial charge in [0, 0.05) is 38.9 Å². The molecule has 3 heterocycles. The van der Waals surface area contributed by atoms with Crippen LogP contribution in [0.4, 0.5) is 0 Å². The number of benzene rings is 4. The number of aromatic nitrogens is 2. The topological polar surface area (TPSA) is 54.8 Å². The summed E-state index contributed by atoms with van der Waals surface area (Å²) in [5.41, 5.74) is 6.97. The van der Waals surface area contributed by atoms with Crippen molar-refractivity contribution in [2.75, 3.05) is 0 Å². The van der Waals surface area contributed by atoms with Crippen LogP contribution in [-0.4, -0.2) is 9.55 Å². The van der Waals surface area contributed by atoms with Gasteiger partial charge in [-0.05, 0) is 36.4 Å². The molecule has 0 aliphatic rings. The van der Waals surface area contributed by atoms with E-state index in [2.05, 4.69) is 64.2 Å². The van der Waals surface area contributed by atoms with E-state index in [1.165, 1.54) is 0 Å². The molecule has 0 unspecified atom stereocenters. The third-order valence-electron chi connectivity index (χ3n) is 6.53. The Hall–Kier alpha value is -4.88. The number of fused-ring (bicyclic) bond motifs is 7. The van der Waals surface area contributed by atoms with Gasteiger partial charge in [0.2, 0.25) is 0 Å². The molecule has 34 heavy (non-hydrogen) atoms. The molecular weight excluding hydrogens is 418 g/mol. The third kappa shape index (κ3) is 2.49. The number of nitrogens with zero attached hydrogens (tertiary/aromatic N) is 3. The molecule has 4 nitrogen and oxygen atoms in total. The number of para-hydroxylation sites is 3. The summed E-state index contributed by atoms with van der Waals surface area (Å²) in [5, 5.41) is 14.2. The lowest BCUT2D eigenvalue weighted by Crippen LogP contribution is -1.99. The summed E-state index contributed by atoms with van der Waals surface area (Å²) >= 11 is 0. The van der Waals surface area contributed by atoms with Gasteiger partial charge >= 0.3 is 0 Å². The van der Waals surface area contributed by atoms with Gasteiger partial charge in [-0.1, -0.05) is 60.7 Å². The van der Waals surface area contributed by atoms with Crippen LogP contribution in [0, 0.1) is 11.3 Å². The van der Waals surface area contributed by atoms with Crippen molar-refractivity contribution in [3.63, 3.8) is 0 Å². The van der Waals surface area contributed by atoms with E-state index >= 15 is 0 Å². The average Bonchev–Trinajstić information content (AvgIpc) is 3.44. The fourth-order valence-electron chi connectivity index (χ4n) is 5.09. The molecule has 4 heteroatoms. The van der Waals surface area contributed by atoms with Crippen LogP contribution in [0.15, 0.2) is 108 Å². The molecule has 0 saturated carbocycles. The average molecular weight is 435 g/mol. The summed E-state index contributed by atoms with van der Waals surface area (Å²) in [5.74, 6) is 0. The predicted molar refractivity (Wildman–Crippen MR) is 136 cm³/mol. The number of hydrogen-bond donors (Lipinski definition) is 0. The molecule has 0 bridgehead atoms. The quantitative estimate of drug-likeness (QED) is 0.281. The molecule has 0 aliphatic heterocycles. The Kier molecular flexibility index (Phi) is 3.88. The second-order valence-electron chi connectivity index (χ2n) is 8.32. The zero-order valence-corrected chi connectivity index (χ0v) is 18.1. The minimum atomic E-state index is 0.407. The van der Waals surface area contributed by atoms with Gasteiger partial charge in [0.25, 0.3) is 0 Å². The predicted octanol–water partition coefficient (Wildman–Crippen LogP) is 7.62. The highest BCUT2D eigenvalue weighted by Gasteiger charge is 2.21. The van der Waals surface area contributed by atoms with E-state index in [4.69, 9.17) is 4.42 Å². The first-order chi connectivity index (χ1) is 16.8. The zero-order chi connectivity index (χ0) is 22.6. The number of rotatable bonds is 2. The molecule has 0 saturated heterocycles. The van der Waals surface area contributed by atoms with Gasteiger partial charge in [0.05, 0.1) is 16.7 Å². The molecule has 0 fully saturated rings. The summed E-state index contributed by atoms with van der Waals surface area (Å²) < 4.78 is 8.73. The number of pyridine rings is 1. The van der Waals surface area contributed by atoms with Gasteiger partial charge < -0.3 is 8.98 Å². The van der Waals surface area contributed by atoms with Gasteiger partial charge in [-0.3, -0.25) is 0 Å². The summed E-state index contributed by atoms with van der Waals surface area (Å²) in [6.07, 6.45) is 1.66. The molecule has 3 aromatic heterocycles. The van der Waals surface area contributed by atoms with Crippen LogP contribution in [0.3, 0.4) is 0 Å². The first-order valence-electron chi connectivity index (χ1n) is 11.1. The number of hydrogen-bond acceptors (Lipinski definition) is 3. The summed E-state index contributed by atoms with van der Waals surface area (Å²) in [6.45, 7) is 0. The first-order valence-corrected chi connectivity index (χ1v) is 11.1. The van der Waals surface area contributed by atoms with E-state index < -0.39 is 0 Å². The Bertz CT molecular complexity index is 1930. The van der Waals surface area contributed by atoms with Crippen LogP contribution in [0.25, 0.3) is 60.6 Å². The number of furan rings is 1. The monoisotopic (exact) mass is 435 g/mol. The Morgan fingerprint density at radius 2 is 1.41 bits per heavy atom. The Balaban J connectivity index is 1.69. The maximum absolute atomic E-state index is 9.73. The first kappa shape index (κ1) is 18.7. The molecule has 0 spiro atoms. The van der Waals surface area contributed by atoms with Crippen molar-refractivity contribution < 1.29 is 4.42 Å². The van der Waals surface area contributed by atoms with Crippen molar-refractivity contribution in [2.24, 2.45) is 0 Å². The molecule has 0 aliphatic carbocycles. The Labute approximate surface area is 194 Å². The standard InChI is InChI=1S/C30H17N3O/c31-18-25-19(11-7-17-32-25)20-8-1-4-12-26(20)33-27-13-5-2-9-21(27)23-15-16-24-22-10-3-6-14-28(22)34-30(24)29(23)33/h1-17H. The van der Waals surface area contributed by atoms with Gasteiger partial charge in [-0.2, -0.15) is 5.26 Å². The van der Waals surface area contributed by atoms with E-state index in [0.717, 1.165) is 60.6 Å². The van der Waals surface area contributed by atoms with Crippen LogP contribution < -0.4 is 0 Å². The third-order valence-corrected chi connectivity index (χ3v) is 6.53. The maximum atomic E-state index is 9.73. The van der Waals surface area contributed by atoms with E-state index in [0.29, 0.717) is 5.69 Å². The van der Waals surface area contributed by atoms with Crippen molar-refractivity contribution >= 4 is 43.7 Å². The Morgan fingerprint density at radius 1 is 0.676 bits per heavy atom. The second kappa shape index (κ2) is 7.06. The van der Waals surface area contributed by atoms with E-state index in [9.17, 15) is 5.26 Å². The van der Waals surface area contributed by atoms with Crippen LogP contribution >= 0.6 is 0 Å². The summed E-state index contributed by atoms with van der Waals surface area (Å²) in [7, 11) is 0. The minimum Gasteiger partial charge on any atom is -0.454 e. The van der Waals surface area contributed by atoms with Crippen molar-refractivity contribution in [1.82, 2.24) is 9.55 Å². The summed E-state index contributed by atoms with van der Waals surface area (Å²) in [6, 6.07) is 35.1. The molecule has 7 rings (SSSR count). The number of nitriles is 1. The molecule has 158 valence electrons. The molecule has 4 aromatic carbocycles. The van der Waals surface area contributed by atoms with Crippen LogP contribution in [0.1, 0.15) is 5.69 Å². The van der Waals surface area contributed by atoms with Crippen molar-refractivity contribution in [3.8, 4) is 22.9 Å². The van der Waals surface area contributed by atoms with E-state index in [-0.39, 0.29) is 0 Å². The van der Waals surface area contributed by atoms with Crippen LogP contribution in [0.2, 0.25) is 0 Å². The summed E-state index contributed by atoms with van der Waals surface area (Å²) in [4.78, 5) is 4.31. The molecule has 7 aromatic rings. The smallest absolute Gasteiger partial charge is 0.160 e. The SMILES string of the molecule is N#Cc1ncccc1-c1ccccc1-n1c2ccccc2c2ccc3c4ccccc4oc3c21. The van der Waals surface area contributed by atoms with Gasteiger partial charge in [-0.15, -0.1) is 0 Å². The van der Waals surface area contributed by atoms with Crippen molar-refractivity contribution in [3.05, 3.63) is 109 Å². The lowest BCUT2D eigenvalue weighted by Gasteiger charge is -2.14. The normalized spacial score (nSPS) is 11.5. The maximum Gasteiger partial charge on any atom is 0.160 e. The van der Waals surface area contributed by atoms with E-state index in [1.54, 1.807) is 6.20 Å². The fraction of sp³-hybridized carbons (Fsp3) is 0. The van der Waals surface area contributed by atoms with Gasteiger partial charge in [0.15, 0.2) is 5.58 Å². The highest BCUT2D eigenvalue weighted by Crippen LogP contribution is 2.41. The highest BCUT2D eigenvalue weighted by molar-refractivity contribution is 6.21. The lowest BCUT2D eigenvalue weighted by molar-refractivity contribution is 0.671. The molecule has 0 amide bonds.